The molecule has 5 atom stereocenters. The Morgan fingerprint density at radius 1 is 0.907 bits per heavy atom. The summed E-state index contributed by atoms with van der Waals surface area (Å²) in [6, 6.07) is -3.94. The van der Waals surface area contributed by atoms with Crippen LogP contribution in [0.1, 0.15) is 118 Å². The van der Waals surface area contributed by atoms with Crippen molar-refractivity contribution in [2.75, 3.05) is 25.9 Å². The standard InChI is InChI=1S/C37H59F3N6O7S/c1-6-13-25(28(47)31(49)41-23-14-15-23)42-30(48)27-26-24(34(26,2)3)20-46(27)32(50)29(35(4)16-9-7-10-17-35)43-33(51)44-36(18-11-8-12-19-36)22-54(52,53)45(5)21-37(38,39)40/h23-27,29H,6-22H2,1-5H3,(H,41,49)(H,42,48)(H2,43,44,51)/t24-,25-,26-,27-,29+/m0/s1. The fraction of sp³-hybridized carbons (Fsp3) is 0.865. The normalized spacial score (nSPS) is 26.9. The van der Waals surface area contributed by atoms with E-state index in [0.29, 0.717) is 32.1 Å². The minimum atomic E-state index is -4.74. The summed E-state index contributed by atoms with van der Waals surface area (Å²) in [7, 11) is -3.57. The van der Waals surface area contributed by atoms with Gasteiger partial charge in [0.1, 0.15) is 18.6 Å². The van der Waals surface area contributed by atoms with E-state index in [9.17, 15) is 45.6 Å². The second-order valence-electron chi connectivity index (χ2n) is 17.6. The minimum Gasteiger partial charge on any atom is -0.347 e. The lowest BCUT2D eigenvalue weighted by Crippen LogP contribution is -2.65. The number of carbonyl (C=O) groups is 5. The number of amides is 5. The van der Waals surface area contributed by atoms with E-state index in [1.54, 1.807) is 0 Å². The van der Waals surface area contributed by atoms with Crippen molar-refractivity contribution in [2.45, 2.75) is 153 Å². The smallest absolute Gasteiger partial charge is 0.347 e. The number of likely N-dealkylation sites (tertiary alicyclic amines) is 1. The number of piperidine rings is 1. The number of alkyl halides is 3. The van der Waals surface area contributed by atoms with Gasteiger partial charge in [-0.25, -0.2) is 13.2 Å². The third kappa shape index (κ3) is 9.52. The Balaban J connectivity index is 1.38. The van der Waals surface area contributed by atoms with Crippen molar-refractivity contribution in [1.29, 1.82) is 0 Å². The van der Waals surface area contributed by atoms with Crippen LogP contribution in [-0.2, 0) is 29.2 Å². The molecule has 1 saturated heterocycles. The van der Waals surface area contributed by atoms with Crippen molar-refractivity contribution in [2.24, 2.45) is 22.7 Å². The summed E-state index contributed by atoms with van der Waals surface area (Å²) in [5.41, 5.74) is -2.33. The Hall–Kier alpha value is -2.95. The van der Waals surface area contributed by atoms with Crippen LogP contribution in [0.15, 0.2) is 0 Å². The van der Waals surface area contributed by atoms with E-state index in [-0.39, 0.29) is 53.4 Å². The number of urea groups is 1. The number of Topliss-reactive ketones (excluding diaryl/α,β-unsaturated/α-hetero) is 1. The fourth-order valence-corrected chi connectivity index (χ4v) is 11.0. The molecule has 0 unspecified atom stereocenters. The first-order chi connectivity index (χ1) is 25.1. The molecule has 1 aliphatic heterocycles. The van der Waals surface area contributed by atoms with E-state index in [4.69, 9.17) is 0 Å². The number of hydrogen-bond acceptors (Lipinski definition) is 7. The first-order valence-electron chi connectivity index (χ1n) is 19.7. The van der Waals surface area contributed by atoms with Crippen molar-refractivity contribution in [1.82, 2.24) is 30.5 Å². The number of fused-ring (bicyclic) bond motifs is 1. The zero-order valence-corrected chi connectivity index (χ0v) is 33.1. The maximum atomic E-state index is 14.8. The van der Waals surface area contributed by atoms with Gasteiger partial charge in [-0.15, -0.1) is 0 Å². The molecule has 0 aromatic rings. The minimum absolute atomic E-state index is 0.00580. The topological polar surface area (TPSA) is 174 Å². The molecule has 1 heterocycles. The van der Waals surface area contributed by atoms with E-state index in [2.05, 4.69) is 21.3 Å². The SMILES string of the molecule is CCC[C@H](NC(=O)[C@@H]1[C@@H]2[C@H](CN1C(=O)[C@@H](NC(=O)NC1(CS(=O)(=O)N(C)CC(F)(F)F)CCCCC1)C1(C)CCCCC1)C2(C)C)C(=O)C(=O)NC1CC1. The molecular formula is C37H59F3N6O7S. The molecule has 5 fully saturated rings. The van der Waals surface area contributed by atoms with Crippen molar-refractivity contribution in [3.8, 4) is 0 Å². The molecule has 4 aliphatic carbocycles. The Kier molecular flexibility index (Phi) is 12.4. The Morgan fingerprint density at radius 3 is 2.06 bits per heavy atom. The maximum absolute atomic E-state index is 14.8. The van der Waals surface area contributed by atoms with Crippen molar-refractivity contribution in [3.05, 3.63) is 0 Å². The van der Waals surface area contributed by atoms with Gasteiger partial charge in [-0.05, 0) is 67.6 Å². The lowest BCUT2D eigenvalue weighted by Gasteiger charge is -2.44. The molecule has 54 heavy (non-hydrogen) atoms. The predicted octanol–water partition coefficient (Wildman–Crippen LogP) is 3.77. The number of rotatable bonds is 15. The van der Waals surface area contributed by atoms with Crippen LogP contribution in [0.4, 0.5) is 18.0 Å². The van der Waals surface area contributed by atoms with Gasteiger partial charge in [0.2, 0.25) is 27.6 Å². The molecule has 13 nitrogen and oxygen atoms in total. The Bertz CT molecular complexity index is 1560. The van der Waals surface area contributed by atoms with Crippen molar-refractivity contribution in [3.63, 3.8) is 0 Å². The number of nitrogens with one attached hydrogen (secondary N) is 4. The van der Waals surface area contributed by atoms with Crippen LogP contribution in [-0.4, -0.2) is 109 Å². The van der Waals surface area contributed by atoms with Gasteiger partial charge < -0.3 is 26.2 Å². The molecule has 5 amide bonds. The molecule has 17 heteroatoms. The van der Waals surface area contributed by atoms with Crippen molar-refractivity contribution < 1.29 is 45.6 Å². The molecule has 0 aromatic carbocycles. The summed E-state index contributed by atoms with van der Waals surface area (Å²) < 4.78 is 66.2. The highest BCUT2D eigenvalue weighted by Gasteiger charge is 2.70. The average molecular weight is 789 g/mol. The molecule has 4 saturated carbocycles. The van der Waals surface area contributed by atoms with Gasteiger partial charge in [0.05, 0.1) is 17.3 Å². The van der Waals surface area contributed by atoms with Crippen LogP contribution in [0.2, 0.25) is 0 Å². The first kappa shape index (κ1) is 42.2. The Labute approximate surface area is 317 Å². The van der Waals surface area contributed by atoms with E-state index in [0.717, 1.165) is 45.6 Å². The summed E-state index contributed by atoms with van der Waals surface area (Å²) in [6.07, 6.45) is 3.77. The number of hydrogen-bond donors (Lipinski definition) is 4. The molecule has 0 spiro atoms. The van der Waals surface area contributed by atoms with Crippen LogP contribution in [0.5, 0.6) is 0 Å². The number of sulfonamides is 1. The largest absolute Gasteiger partial charge is 0.402 e. The van der Waals surface area contributed by atoms with Crippen LogP contribution in [0.25, 0.3) is 0 Å². The zero-order valence-electron chi connectivity index (χ0n) is 32.3. The molecule has 4 N–H and O–H groups in total. The van der Waals surface area contributed by atoms with Crippen LogP contribution in [0.3, 0.4) is 0 Å². The van der Waals surface area contributed by atoms with Gasteiger partial charge in [-0.1, -0.05) is 72.6 Å². The molecule has 0 radical (unpaired) electrons. The maximum Gasteiger partial charge on any atom is 0.402 e. The summed E-state index contributed by atoms with van der Waals surface area (Å²) in [4.78, 5) is 70.4. The molecule has 5 rings (SSSR count). The van der Waals surface area contributed by atoms with Crippen molar-refractivity contribution >= 4 is 39.6 Å². The highest BCUT2D eigenvalue weighted by atomic mass is 32.2. The zero-order chi connectivity index (χ0) is 39.9. The lowest BCUT2D eigenvalue weighted by atomic mass is 9.70. The quantitative estimate of drug-likeness (QED) is 0.183. The van der Waals surface area contributed by atoms with E-state index in [1.807, 2.05) is 27.7 Å². The van der Waals surface area contributed by atoms with E-state index < -0.39 is 87.1 Å². The van der Waals surface area contributed by atoms with Crippen LogP contribution < -0.4 is 21.3 Å². The van der Waals surface area contributed by atoms with Gasteiger partial charge in [0.15, 0.2) is 0 Å². The number of nitrogens with zero attached hydrogens (tertiary/aromatic N) is 2. The summed E-state index contributed by atoms with van der Waals surface area (Å²) in [5, 5.41) is 11.2. The van der Waals surface area contributed by atoms with Crippen LogP contribution >= 0.6 is 0 Å². The monoisotopic (exact) mass is 788 g/mol. The highest BCUT2D eigenvalue weighted by molar-refractivity contribution is 7.89. The Morgan fingerprint density at radius 2 is 1.50 bits per heavy atom. The third-order valence-electron chi connectivity index (χ3n) is 12.8. The summed E-state index contributed by atoms with van der Waals surface area (Å²) in [5.74, 6) is -3.40. The van der Waals surface area contributed by atoms with E-state index >= 15 is 0 Å². The average Bonchev–Trinajstić information content (AvgIpc) is 3.93. The molecule has 306 valence electrons. The molecule has 5 aliphatic rings. The molecule has 0 aromatic heterocycles. The number of ketones is 1. The summed E-state index contributed by atoms with van der Waals surface area (Å²) in [6.45, 7) is 6.42. The first-order valence-corrected chi connectivity index (χ1v) is 21.3. The predicted molar refractivity (Wildman–Crippen MR) is 194 cm³/mol. The van der Waals surface area contributed by atoms with Gasteiger partial charge in [-0.3, -0.25) is 19.2 Å². The third-order valence-corrected chi connectivity index (χ3v) is 14.8. The number of halogens is 3. The van der Waals surface area contributed by atoms with Gasteiger partial charge in [0.25, 0.3) is 5.91 Å². The molecular weight excluding hydrogens is 730 g/mol. The van der Waals surface area contributed by atoms with Gasteiger partial charge in [-0.2, -0.15) is 17.5 Å². The number of carbonyl (C=O) groups excluding carboxylic acids is 5. The van der Waals surface area contributed by atoms with E-state index in [1.165, 1.54) is 4.90 Å². The summed E-state index contributed by atoms with van der Waals surface area (Å²) >= 11 is 0. The second-order valence-corrected chi connectivity index (χ2v) is 19.6. The second kappa shape index (κ2) is 15.9. The molecule has 0 bridgehead atoms. The van der Waals surface area contributed by atoms with Crippen LogP contribution in [0, 0.1) is 22.7 Å². The van der Waals surface area contributed by atoms with Gasteiger partial charge in [0, 0.05) is 19.6 Å². The van der Waals surface area contributed by atoms with Gasteiger partial charge >= 0.3 is 12.2 Å². The highest BCUT2D eigenvalue weighted by Crippen LogP contribution is 2.65. The lowest BCUT2D eigenvalue weighted by molar-refractivity contribution is -0.146. The fourth-order valence-electron chi connectivity index (χ4n) is 9.37.